The Morgan fingerprint density at radius 2 is 1.90 bits per heavy atom. The van der Waals surface area contributed by atoms with Crippen LogP contribution in [0.25, 0.3) is 0 Å². The zero-order chi connectivity index (χ0) is 14.4. The van der Waals surface area contributed by atoms with Crippen molar-refractivity contribution >= 4 is 17.3 Å². The molecular weight excluding hydrogens is 282 g/mol. The Labute approximate surface area is 130 Å². The molecule has 2 aliphatic heterocycles. The molecule has 1 N–H and O–H groups in total. The van der Waals surface area contributed by atoms with Crippen LogP contribution in [0.3, 0.4) is 0 Å². The number of nitrogens with one attached hydrogen (secondary N) is 1. The fourth-order valence-corrected chi connectivity index (χ4v) is 4.13. The Balaban J connectivity index is 1.87. The average Bonchev–Trinajstić information content (AvgIpc) is 2.90. The molecule has 0 spiro atoms. The van der Waals surface area contributed by atoms with Crippen LogP contribution in [-0.4, -0.2) is 6.61 Å². The summed E-state index contributed by atoms with van der Waals surface area (Å²) in [5.74, 6) is 0.396. The van der Waals surface area contributed by atoms with Gasteiger partial charge in [0.15, 0.2) is 0 Å². The zero-order valence-electron chi connectivity index (χ0n) is 12.0. The lowest BCUT2D eigenvalue weighted by molar-refractivity contribution is -0.0178. The van der Waals surface area contributed by atoms with Gasteiger partial charge in [-0.15, -0.1) is 0 Å². The summed E-state index contributed by atoms with van der Waals surface area (Å²) in [5, 5.41) is 4.51. The highest BCUT2D eigenvalue weighted by Crippen LogP contribution is 2.54. The first kappa shape index (κ1) is 13.2. The Bertz CT molecular complexity index is 686. The fourth-order valence-electron chi connectivity index (χ4n) is 3.87. The minimum Gasteiger partial charge on any atom is -0.377 e. The van der Waals surface area contributed by atoms with Crippen molar-refractivity contribution in [2.45, 2.75) is 25.0 Å². The zero-order valence-corrected chi connectivity index (χ0v) is 12.7. The maximum absolute atomic E-state index is 6.44. The first-order chi connectivity index (χ1) is 10.2. The normalized spacial score (nSPS) is 30.4. The molecule has 2 aromatic rings. The van der Waals surface area contributed by atoms with Gasteiger partial charge in [-0.1, -0.05) is 48.0 Å². The number of hydrogen-bond acceptors (Lipinski definition) is 2. The smallest absolute Gasteiger partial charge is 0.0974 e. The number of hydrogen-bond donors (Lipinski definition) is 1. The summed E-state index contributed by atoms with van der Waals surface area (Å²) in [5.41, 5.74) is 3.35. The van der Waals surface area contributed by atoms with Gasteiger partial charge in [-0.25, -0.2) is 0 Å². The van der Waals surface area contributed by atoms with Gasteiger partial charge in [-0.05, 0) is 31.0 Å². The summed E-state index contributed by atoms with van der Waals surface area (Å²) in [6.07, 6.45) is 1.05. The first-order valence-corrected chi connectivity index (χ1v) is 7.82. The third-order valence-corrected chi connectivity index (χ3v) is 5.30. The van der Waals surface area contributed by atoms with Gasteiger partial charge in [-0.3, -0.25) is 0 Å². The van der Waals surface area contributed by atoms with Crippen LogP contribution >= 0.6 is 11.6 Å². The molecule has 1 fully saturated rings. The predicted octanol–water partition coefficient (Wildman–Crippen LogP) is 4.76. The minimum absolute atomic E-state index is 0.195. The Morgan fingerprint density at radius 1 is 1.14 bits per heavy atom. The molecule has 0 radical (unpaired) electrons. The van der Waals surface area contributed by atoms with Crippen molar-refractivity contribution in [3.8, 4) is 0 Å². The molecule has 2 nitrogen and oxygen atoms in total. The van der Waals surface area contributed by atoms with Crippen LogP contribution in [0.2, 0.25) is 5.02 Å². The van der Waals surface area contributed by atoms with E-state index in [0.29, 0.717) is 5.92 Å². The molecule has 0 aromatic heterocycles. The summed E-state index contributed by atoms with van der Waals surface area (Å²) >= 11 is 6.44. The van der Waals surface area contributed by atoms with Crippen LogP contribution < -0.4 is 5.32 Å². The van der Waals surface area contributed by atoms with Crippen LogP contribution in [0.4, 0.5) is 5.69 Å². The summed E-state index contributed by atoms with van der Waals surface area (Å²) < 4.78 is 6.18. The number of anilines is 1. The van der Waals surface area contributed by atoms with E-state index in [2.05, 4.69) is 48.6 Å². The van der Waals surface area contributed by atoms with Gasteiger partial charge in [0.2, 0.25) is 0 Å². The molecule has 4 rings (SSSR count). The molecule has 0 aliphatic carbocycles. The molecule has 108 valence electrons. The number of ether oxygens (including phenoxy) is 1. The molecule has 0 amide bonds. The maximum atomic E-state index is 6.44. The third-order valence-electron chi connectivity index (χ3n) is 4.95. The monoisotopic (exact) mass is 299 g/mol. The summed E-state index contributed by atoms with van der Waals surface area (Å²) in [7, 11) is 0. The molecule has 2 aromatic carbocycles. The minimum atomic E-state index is -0.230. The van der Waals surface area contributed by atoms with Gasteiger partial charge < -0.3 is 10.1 Å². The largest absolute Gasteiger partial charge is 0.377 e. The van der Waals surface area contributed by atoms with E-state index in [4.69, 9.17) is 16.3 Å². The highest BCUT2D eigenvalue weighted by atomic mass is 35.5. The van der Waals surface area contributed by atoms with E-state index >= 15 is 0 Å². The summed E-state index contributed by atoms with van der Waals surface area (Å²) in [4.78, 5) is 0. The molecule has 21 heavy (non-hydrogen) atoms. The van der Waals surface area contributed by atoms with Crippen molar-refractivity contribution < 1.29 is 4.74 Å². The van der Waals surface area contributed by atoms with Crippen molar-refractivity contribution in [1.82, 2.24) is 0 Å². The molecule has 0 unspecified atom stereocenters. The lowest BCUT2D eigenvalue weighted by Gasteiger charge is -2.43. The molecule has 3 atom stereocenters. The van der Waals surface area contributed by atoms with Gasteiger partial charge >= 0.3 is 0 Å². The van der Waals surface area contributed by atoms with Crippen molar-refractivity contribution in [2.24, 2.45) is 5.92 Å². The summed E-state index contributed by atoms with van der Waals surface area (Å²) in [6.45, 7) is 3.02. The second kappa shape index (κ2) is 4.75. The van der Waals surface area contributed by atoms with E-state index in [0.717, 1.165) is 29.3 Å². The van der Waals surface area contributed by atoms with Gasteiger partial charge in [0.1, 0.15) is 0 Å². The second-order valence-corrected chi connectivity index (χ2v) is 6.45. The van der Waals surface area contributed by atoms with Crippen molar-refractivity contribution in [1.29, 1.82) is 0 Å². The van der Waals surface area contributed by atoms with Crippen LogP contribution in [0.15, 0.2) is 48.5 Å². The Kier molecular flexibility index (Phi) is 2.98. The van der Waals surface area contributed by atoms with Gasteiger partial charge in [0.05, 0.1) is 11.6 Å². The Hall–Kier alpha value is -1.51. The molecule has 0 bridgehead atoms. The second-order valence-electron chi connectivity index (χ2n) is 6.04. The fraction of sp³-hybridized carbons (Fsp3) is 0.333. The molecule has 2 aliphatic rings. The molecular formula is C18H18ClNO. The van der Waals surface area contributed by atoms with E-state index in [1.165, 1.54) is 5.56 Å². The van der Waals surface area contributed by atoms with Gasteiger partial charge in [0.25, 0.3) is 0 Å². The number of halogens is 1. The molecule has 1 saturated heterocycles. The van der Waals surface area contributed by atoms with E-state index < -0.39 is 0 Å². The van der Waals surface area contributed by atoms with Crippen LogP contribution in [0, 0.1) is 5.92 Å². The molecule has 0 saturated carbocycles. The standard InChI is InChI=1S/C18H18ClNO/c1-18-13-7-3-5-9-16(13)20-17(14(18)10-11-21-18)12-6-2-4-8-15(12)19/h2-9,14,17,20H,10-11H2,1H3/t14-,17+,18+/m0/s1. The number of rotatable bonds is 1. The van der Waals surface area contributed by atoms with Crippen LogP contribution in [0.1, 0.15) is 30.5 Å². The number of fused-ring (bicyclic) bond motifs is 3. The number of benzene rings is 2. The van der Waals surface area contributed by atoms with Gasteiger partial charge in [-0.2, -0.15) is 0 Å². The van der Waals surface area contributed by atoms with Crippen molar-refractivity contribution in [3.63, 3.8) is 0 Å². The van der Waals surface area contributed by atoms with E-state index in [1.807, 2.05) is 12.1 Å². The predicted molar refractivity (Wildman–Crippen MR) is 85.7 cm³/mol. The van der Waals surface area contributed by atoms with Gasteiger partial charge in [0, 0.05) is 28.8 Å². The topological polar surface area (TPSA) is 21.3 Å². The summed E-state index contributed by atoms with van der Waals surface area (Å²) in [6, 6.07) is 16.8. The maximum Gasteiger partial charge on any atom is 0.0974 e. The highest BCUT2D eigenvalue weighted by Gasteiger charge is 2.50. The molecule has 2 heterocycles. The van der Waals surface area contributed by atoms with E-state index in [9.17, 15) is 0 Å². The average molecular weight is 300 g/mol. The lowest BCUT2D eigenvalue weighted by Crippen LogP contribution is -2.40. The van der Waals surface area contributed by atoms with Crippen molar-refractivity contribution in [2.75, 3.05) is 11.9 Å². The van der Waals surface area contributed by atoms with Crippen LogP contribution in [-0.2, 0) is 10.3 Å². The number of para-hydroxylation sites is 1. The van der Waals surface area contributed by atoms with Crippen LogP contribution in [0.5, 0.6) is 0 Å². The highest BCUT2D eigenvalue weighted by molar-refractivity contribution is 6.31. The molecule has 3 heteroatoms. The SMILES string of the molecule is C[C@]12OCC[C@H]1[C@@H](c1ccccc1Cl)Nc1ccccc12. The Morgan fingerprint density at radius 3 is 2.76 bits per heavy atom. The van der Waals surface area contributed by atoms with Crippen molar-refractivity contribution in [3.05, 3.63) is 64.7 Å². The lowest BCUT2D eigenvalue weighted by atomic mass is 9.73. The third kappa shape index (κ3) is 1.90. The van der Waals surface area contributed by atoms with E-state index in [1.54, 1.807) is 0 Å². The quantitative estimate of drug-likeness (QED) is 0.820. The first-order valence-electron chi connectivity index (χ1n) is 7.44. The van der Waals surface area contributed by atoms with E-state index in [-0.39, 0.29) is 11.6 Å².